The highest BCUT2D eigenvalue weighted by molar-refractivity contribution is 6.23. The highest BCUT2D eigenvalue weighted by Crippen LogP contribution is 2.42. The molecule has 0 aromatic heterocycles. The maximum absolute atomic E-state index is 13.2. The number of carbonyl (C=O) groups is 2. The van der Waals surface area contributed by atoms with Gasteiger partial charge in [-0.15, -0.1) is 0 Å². The van der Waals surface area contributed by atoms with Gasteiger partial charge >= 0.3 is 0 Å². The number of carbonyl (C=O) groups excluding carboxylic acids is 2. The molecule has 4 rings (SSSR count). The topological polar surface area (TPSA) is 49.9 Å². The number of anilines is 2. The quantitative estimate of drug-likeness (QED) is 0.793. The molecule has 0 N–H and O–H groups in total. The lowest BCUT2D eigenvalue weighted by molar-refractivity contribution is -0.126. The second-order valence-electron chi connectivity index (χ2n) is 7.26. The molecule has 2 aliphatic rings. The predicted octanol–water partition coefficient (Wildman–Crippen LogP) is 3.41. The summed E-state index contributed by atoms with van der Waals surface area (Å²) >= 11 is 0. The van der Waals surface area contributed by atoms with Gasteiger partial charge < -0.3 is 0 Å². The minimum absolute atomic E-state index is 0.160. The van der Waals surface area contributed by atoms with Crippen LogP contribution < -0.4 is 9.96 Å². The Labute approximate surface area is 153 Å². The fourth-order valence-corrected chi connectivity index (χ4v) is 3.88. The lowest BCUT2D eigenvalue weighted by atomic mass is 9.90. The molecule has 3 atom stereocenters. The third kappa shape index (κ3) is 2.69. The molecule has 2 heterocycles. The van der Waals surface area contributed by atoms with Crippen LogP contribution in [0.3, 0.4) is 0 Å². The van der Waals surface area contributed by atoms with Crippen LogP contribution in [-0.2, 0) is 14.4 Å². The van der Waals surface area contributed by atoms with E-state index >= 15 is 0 Å². The number of amides is 2. The van der Waals surface area contributed by atoms with Crippen LogP contribution in [0.25, 0.3) is 0 Å². The van der Waals surface area contributed by atoms with Crippen LogP contribution in [0.15, 0.2) is 60.7 Å². The third-order valence-corrected chi connectivity index (χ3v) is 4.98. The Balaban J connectivity index is 1.70. The summed E-state index contributed by atoms with van der Waals surface area (Å²) in [4.78, 5) is 33.4. The van der Waals surface area contributed by atoms with Crippen LogP contribution in [0.4, 0.5) is 11.4 Å². The van der Waals surface area contributed by atoms with Gasteiger partial charge in [-0.05, 0) is 36.6 Å². The molecule has 134 valence electrons. The maximum atomic E-state index is 13.2. The number of hydroxylamine groups is 1. The third-order valence-electron chi connectivity index (χ3n) is 4.98. The Kier molecular flexibility index (Phi) is 4.24. The van der Waals surface area contributed by atoms with Crippen molar-refractivity contribution in [2.24, 2.45) is 11.8 Å². The zero-order valence-corrected chi connectivity index (χ0v) is 14.9. The molecule has 2 aromatic rings. The first-order chi connectivity index (χ1) is 12.6. The van der Waals surface area contributed by atoms with Crippen LogP contribution in [0.5, 0.6) is 0 Å². The Hall–Kier alpha value is -2.66. The molecule has 0 spiro atoms. The van der Waals surface area contributed by atoms with Gasteiger partial charge in [0.05, 0.1) is 23.3 Å². The Morgan fingerprint density at radius 2 is 1.46 bits per heavy atom. The molecule has 0 saturated carbocycles. The molecule has 26 heavy (non-hydrogen) atoms. The summed E-state index contributed by atoms with van der Waals surface area (Å²) < 4.78 is 0. The number of imide groups is 1. The number of nitrogens with zero attached hydrogens (tertiary/aromatic N) is 2. The van der Waals surface area contributed by atoms with Gasteiger partial charge in [0, 0.05) is 0 Å². The molecule has 0 radical (unpaired) electrons. The summed E-state index contributed by atoms with van der Waals surface area (Å²) in [6.07, 6.45) is 0.0178. The first-order valence-corrected chi connectivity index (χ1v) is 9.02. The van der Waals surface area contributed by atoms with E-state index in [1.165, 1.54) is 4.90 Å². The molecule has 0 aliphatic carbocycles. The summed E-state index contributed by atoms with van der Waals surface area (Å²) in [6, 6.07) is 18.6. The van der Waals surface area contributed by atoms with Crippen molar-refractivity contribution in [3.8, 4) is 0 Å². The van der Waals surface area contributed by atoms with E-state index in [2.05, 4.69) is 13.8 Å². The van der Waals surface area contributed by atoms with Crippen LogP contribution in [-0.4, -0.2) is 24.0 Å². The molecule has 2 fully saturated rings. The molecule has 2 saturated heterocycles. The second kappa shape index (κ2) is 6.57. The van der Waals surface area contributed by atoms with Crippen molar-refractivity contribution in [1.82, 2.24) is 0 Å². The van der Waals surface area contributed by atoms with Crippen molar-refractivity contribution in [3.63, 3.8) is 0 Å². The van der Waals surface area contributed by atoms with Crippen molar-refractivity contribution in [3.05, 3.63) is 60.7 Å². The van der Waals surface area contributed by atoms with E-state index in [9.17, 15) is 9.59 Å². The number of benzene rings is 2. The van der Waals surface area contributed by atoms with Gasteiger partial charge in [-0.2, -0.15) is 0 Å². The normalized spacial score (nSPS) is 25.3. The highest BCUT2D eigenvalue weighted by atomic mass is 16.7. The number of hydrogen-bond donors (Lipinski definition) is 0. The van der Waals surface area contributed by atoms with Gasteiger partial charge in [0.25, 0.3) is 5.91 Å². The zero-order chi connectivity index (χ0) is 18.3. The molecule has 2 aromatic carbocycles. The van der Waals surface area contributed by atoms with Crippen LogP contribution in [0.1, 0.15) is 20.3 Å². The van der Waals surface area contributed by atoms with Crippen LogP contribution in [0.2, 0.25) is 0 Å². The van der Waals surface area contributed by atoms with Crippen molar-refractivity contribution in [2.45, 2.75) is 32.4 Å². The van der Waals surface area contributed by atoms with Gasteiger partial charge in [-0.3, -0.25) is 14.4 Å². The van der Waals surface area contributed by atoms with Gasteiger partial charge in [0.1, 0.15) is 0 Å². The lowest BCUT2D eigenvalue weighted by Gasteiger charge is -2.29. The molecule has 0 bridgehead atoms. The monoisotopic (exact) mass is 350 g/mol. The molecule has 5 heteroatoms. The highest BCUT2D eigenvalue weighted by Gasteiger charge is 2.59. The summed E-state index contributed by atoms with van der Waals surface area (Å²) in [6.45, 7) is 4.24. The zero-order valence-electron chi connectivity index (χ0n) is 14.9. The van der Waals surface area contributed by atoms with Gasteiger partial charge in [-0.25, -0.2) is 9.96 Å². The van der Waals surface area contributed by atoms with Gasteiger partial charge in [0.15, 0.2) is 6.10 Å². The summed E-state index contributed by atoms with van der Waals surface area (Å²) in [5, 5.41) is 1.77. The second-order valence-corrected chi connectivity index (χ2v) is 7.26. The molecular weight excluding hydrogens is 328 g/mol. The lowest BCUT2D eigenvalue weighted by Crippen LogP contribution is -2.41. The number of fused-ring (bicyclic) bond motifs is 1. The van der Waals surface area contributed by atoms with Crippen molar-refractivity contribution >= 4 is 23.2 Å². The summed E-state index contributed by atoms with van der Waals surface area (Å²) in [5.74, 6) is -0.554. The van der Waals surface area contributed by atoms with Crippen LogP contribution in [0, 0.1) is 11.8 Å². The fourth-order valence-electron chi connectivity index (χ4n) is 3.88. The predicted molar refractivity (Wildman–Crippen MR) is 99.5 cm³/mol. The molecule has 0 unspecified atom stereocenters. The minimum atomic E-state index is -0.758. The average Bonchev–Trinajstić information content (AvgIpc) is 3.12. The van der Waals surface area contributed by atoms with E-state index in [0.29, 0.717) is 11.6 Å². The van der Waals surface area contributed by atoms with Crippen molar-refractivity contribution in [1.29, 1.82) is 0 Å². The van der Waals surface area contributed by atoms with Crippen molar-refractivity contribution in [2.75, 3.05) is 9.96 Å². The Bertz CT molecular complexity index is 807. The number of rotatable bonds is 4. The van der Waals surface area contributed by atoms with E-state index in [1.54, 1.807) is 17.2 Å². The van der Waals surface area contributed by atoms with E-state index in [0.717, 1.165) is 12.1 Å². The fraction of sp³-hybridized carbons (Fsp3) is 0.333. The van der Waals surface area contributed by atoms with E-state index in [-0.39, 0.29) is 17.9 Å². The summed E-state index contributed by atoms with van der Waals surface area (Å²) in [5.41, 5.74) is 1.48. The van der Waals surface area contributed by atoms with Gasteiger partial charge in [-0.1, -0.05) is 50.2 Å². The van der Waals surface area contributed by atoms with Gasteiger partial charge in [0.2, 0.25) is 5.91 Å². The largest absolute Gasteiger partial charge is 0.273 e. The number of hydrogen-bond acceptors (Lipinski definition) is 4. The van der Waals surface area contributed by atoms with E-state index in [4.69, 9.17) is 4.84 Å². The molecule has 2 amide bonds. The molecule has 2 aliphatic heterocycles. The number of para-hydroxylation sites is 2. The van der Waals surface area contributed by atoms with E-state index in [1.807, 2.05) is 48.5 Å². The Morgan fingerprint density at radius 1 is 0.885 bits per heavy atom. The smallest absolute Gasteiger partial charge is 0.266 e. The average molecular weight is 350 g/mol. The first kappa shape index (κ1) is 16.8. The molecular formula is C21H22N2O3. The maximum Gasteiger partial charge on any atom is 0.266 e. The Morgan fingerprint density at radius 3 is 2.04 bits per heavy atom. The van der Waals surface area contributed by atoms with Crippen LogP contribution >= 0.6 is 0 Å². The molecule has 5 nitrogen and oxygen atoms in total. The van der Waals surface area contributed by atoms with E-state index < -0.39 is 12.0 Å². The standard InChI is InChI=1S/C21H22N2O3/c1-14(2)13-17-18-19(26-23(17)16-11-7-4-8-12-16)21(25)22(20(18)24)15-9-5-3-6-10-15/h3-12,14,17-19H,13H2,1-2H3/t17-,18+,19+/m0/s1. The SMILES string of the molecule is CC(C)C[C@H]1[C@H]2C(=O)N(c3ccccc3)C(=O)[C@@H]2ON1c1ccccc1. The van der Waals surface area contributed by atoms with Crippen molar-refractivity contribution < 1.29 is 14.4 Å². The first-order valence-electron chi connectivity index (χ1n) is 9.02. The minimum Gasteiger partial charge on any atom is -0.273 e. The summed E-state index contributed by atoms with van der Waals surface area (Å²) in [7, 11) is 0.